The summed E-state index contributed by atoms with van der Waals surface area (Å²) in [6, 6.07) is 2.02. The van der Waals surface area contributed by atoms with Crippen LogP contribution in [0.15, 0.2) is 27.8 Å². The first-order valence-corrected chi connectivity index (χ1v) is 5.75. The van der Waals surface area contributed by atoms with E-state index in [-0.39, 0.29) is 6.04 Å². The van der Waals surface area contributed by atoms with E-state index >= 15 is 0 Å². The zero-order valence-electron chi connectivity index (χ0n) is 7.00. The van der Waals surface area contributed by atoms with Crippen molar-refractivity contribution in [2.75, 3.05) is 6.61 Å². The topological polar surface area (TPSA) is 35.2 Å². The quantitative estimate of drug-likeness (QED) is 0.887. The monoisotopic (exact) mass is 259 g/mol. The molecule has 0 aromatic carbocycles. The van der Waals surface area contributed by atoms with E-state index in [9.17, 15) is 0 Å². The summed E-state index contributed by atoms with van der Waals surface area (Å²) in [5.74, 6) is 0. The number of hydrogen-bond donors (Lipinski definition) is 1. The summed E-state index contributed by atoms with van der Waals surface area (Å²) in [7, 11) is 0. The maximum absolute atomic E-state index is 6.08. The molecule has 2 rings (SSSR count). The lowest BCUT2D eigenvalue weighted by atomic mass is 10.1. The normalized spacial score (nSPS) is 18.2. The minimum absolute atomic E-state index is 0.00289. The molecular formula is C9H10BrNOS. The summed E-state index contributed by atoms with van der Waals surface area (Å²) >= 11 is 5.15. The first-order chi connectivity index (χ1) is 6.29. The van der Waals surface area contributed by atoms with Gasteiger partial charge >= 0.3 is 0 Å². The molecule has 1 atom stereocenters. The number of hydrogen-bond acceptors (Lipinski definition) is 3. The van der Waals surface area contributed by atoms with Gasteiger partial charge in [0.1, 0.15) is 0 Å². The molecule has 2 N–H and O–H groups in total. The van der Waals surface area contributed by atoms with E-state index in [0.29, 0.717) is 0 Å². The van der Waals surface area contributed by atoms with Crippen molar-refractivity contribution in [1.82, 2.24) is 0 Å². The Labute approximate surface area is 89.5 Å². The largest absolute Gasteiger partial charge is 0.501 e. The molecule has 0 saturated heterocycles. The molecule has 0 spiro atoms. The van der Waals surface area contributed by atoms with Crippen molar-refractivity contribution in [2.24, 2.45) is 5.73 Å². The van der Waals surface area contributed by atoms with E-state index in [4.69, 9.17) is 10.5 Å². The lowest BCUT2D eigenvalue weighted by Gasteiger charge is -2.09. The van der Waals surface area contributed by atoms with Gasteiger partial charge in [-0.1, -0.05) is 0 Å². The van der Waals surface area contributed by atoms with E-state index in [2.05, 4.69) is 15.9 Å². The smallest absolute Gasteiger partial charge is 0.0912 e. The van der Waals surface area contributed by atoms with Crippen molar-refractivity contribution in [2.45, 2.75) is 12.5 Å². The Hall–Kier alpha value is -0.320. The lowest BCUT2D eigenvalue weighted by Crippen LogP contribution is -2.11. The first-order valence-electron chi connectivity index (χ1n) is 4.08. The summed E-state index contributed by atoms with van der Waals surface area (Å²) in [5, 5.41) is 2.04. The third-order valence-electron chi connectivity index (χ3n) is 2.07. The molecule has 0 fully saturated rings. The Morgan fingerprint density at radius 2 is 2.46 bits per heavy atom. The fourth-order valence-electron chi connectivity index (χ4n) is 1.33. The van der Waals surface area contributed by atoms with Gasteiger partial charge in [0.25, 0.3) is 0 Å². The van der Waals surface area contributed by atoms with Crippen LogP contribution in [0.1, 0.15) is 17.3 Å². The van der Waals surface area contributed by atoms with Gasteiger partial charge in [0, 0.05) is 15.8 Å². The van der Waals surface area contributed by atoms with Crippen LogP contribution in [0.4, 0.5) is 0 Å². The Morgan fingerprint density at radius 1 is 1.62 bits per heavy atom. The summed E-state index contributed by atoms with van der Waals surface area (Å²) in [6.07, 6.45) is 2.74. The van der Waals surface area contributed by atoms with Gasteiger partial charge in [0.05, 0.1) is 18.9 Å². The summed E-state index contributed by atoms with van der Waals surface area (Å²) in [5.41, 5.74) is 7.26. The highest BCUT2D eigenvalue weighted by Gasteiger charge is 2.18. The number of halogens is 1. The van der Waals surface area contributed by atoms with E-state index < -0.39 is 0 Å². The second-order valence-corrected chi connectivity index (χ2v) is 4.73. The van der Waals surface area contributed by atoms with Crippen LogP contribution in [-0.4, -0.2) is 6.61 Å². The Bertz CT molecular complexity index is 334. The van der Waals surface area contributed by atoms with Crippen molar-refractivity contribution in [3.05, 3.63) is 32.6 Å². The molecule has 2 nitrogen and oxygen atoms in total. The summed E-state index contributed by atoms with van der Waals surface area (Å²) in [4.78, 5) is 1.18. The number of rotatable bonds is 2. The third-order valence-corrected chi connectivity index (χ3v) is 4.02. The molecule has 70 valence electrons. The maximum Gasteiger partial charge on any atom is 0.0912 e. The molecule has 2 heterocycles. The average Bonchev–Trinajstić information content (AvgIpc) is 2.72. The van der Waals surface area contributed by atoms with Gasteiger partial charge in [0.2, 0.25) is 0 Å². The zero-order valence-corrected chi connectivity index (χ0v) is 9.40. The van der Waals surface area contributed by atoms with Crippen LogP contribution < -0.4 is 5.73 Å². The van der Waals surface area contributed by atoms with Crippen LogP contribution in [0.25, 0.3) is 0 Å². The maximum atomic E-state index is 6.08. The van der Waals surface area contributed by atoms with Crippen molar-refractivity contribution < 1.29 is 4.74 Å². The Kier molecular flexibility index (Phi) is 2.71. The third kappa shape index (κ3) is 1.80. The highest BCUT2D eigenvalue weighted by molar-refractivity contribution is 9.10. The van der Waals surface area contributed by atoms with Crippen LogP contribution >= 0.6 is 27.3 Å². The molecule has 0 radical (unpaired) electrons. The SMILES string of the molecule is NC(C1=COCC1)c1sccc1Br. The van der Waals surface area contributed by atoms with Crippen molar-refractivity contribution in [3.8, 4) is 0 Å². The van der Waals surface area contributed by atoms with Gasteiger partial charge in [0.15, 0.2) is 0 Å². The van der Waals surface area contributed by atoms with Crippen molar-refractivity contribution in [1.29, 1.82) is 0 Å². The predicted octanol–water partition coefficient (Wildman–Crippen LogP) is 2.81. The molecule has 0 amide bonds. The first kappa shape index (κ1) is 9.24. The molecule has 0 aliphatic carbocycles. The molecule has 0 saturated carbocycles. The average molecular weight is 260 g/mol. The number of nitrogens with two attached hydrogens (primary N) is 1. The van der Waals surface area contributed by atoms with Crippen LogP contribution in [0.3, 0.4) is 0 Å². The fourth-order valence-corrected chi connectivity index (χ4v) is 2.99. The van der Waals surface area contributed by atoms with E-state index in [1.54, 1.807) is 17.6 Å². The highest BCUT2D eigenvalue weighted by Crippen LogP contribution is 2.33. The van der Waals surface area contributed by atoms with E-state index in [0.717, 1.165) is 17.5 Å². The second-order valence-electron chi connectivity index (χ2n) is 2.92. The number of ether oxygens (including phenoxy) is 1. The second kappa shape index (κ2) is 3.82. The number of thiophene rings is 1. The van der Waals surface area contributed by atoms with Gasteiger partial charge < -0.3 is 10.5 Å². The molecule has 1 unspecified atom stereocenters. The van der Waals surface area contributed by atoms with Crippen LogP contribution in [-0.2, 0) is 4.74 Å². The fraction of sp³-hybridized carbons (Fsp3) is 0.333. The van der Waals surface area contributed by atoms with Gasteiger partial charge in [-0.05, 0) is 32.9 Å². The van der Waals surface area contributed by atoms with E-state index in [1.807, 2.05) is 11.4 Å². The Morgan fingerprint density at radius 3 is 3.00 bits per heavy atom. The minimum Gasteiger partial charge on any atom is -0.501 e. The highest BCUT2D eigenvalue weighted by atomic mass is 79.9. The molecule has 13 heavy (non-hydrogen) atoms. The molecule has 0 bridgehead atoms. The molecule has 4 heteroatoms. The molecule has 1 aromatic rings. The van der Waals surface area contributed by atoms with Crippen molar-refractivity contribution in [3.63, 3.8) is 0 Å². The Balaban J connectivity index is 2.21. The van der Waals surface area contributed by atoms with Crippen molar-refractivity contribution >= 4 is 27.3 Å². The van der Waals surface area contributed by atoms with Gasteiger partial charge in [-0.15, -0.1) is 11.3 Å². The van der Waals surface area contributed by atoms with Gasteiger partial charge in [-0.2, -0.15) is 0 Å². The van der Waals surface area contributed by atoms with E-state index in [1.165, 1.54) is 10.5 Å². The van der Waals surface area contributed by atoms with Crippen LogP contribution in [0, 0.1) is 0 Å². The summed E-state index contributed by atoms with van der Waals surface area (Å²) < 4.78 is 6.26. The molecule has 1 aromatic heterocycles. The van der Waals surface area contributed by atoms with Crippen LogP contribution in [0.5, 0.6) is 0 Å². The van der Waals surface area contributed by atoms with Gasteiger partial charge in [-0.25, -0.2) is 0 Å². The lowest BCUT2D eigenvalue weighted by molar-refractivity contribution is 0.281. The molecule has 1 aliphatic heterocycles. The minimum atomic E-state index is -0.00289. The molecular weight excluding hydrogens is 250 g/mol. The van der Waals surface area contributed by atoms with Crippen LogP contribution in [0.2, 0.25) is 0 Å². The standard InChI is InChI=1S/C9H10BrNOS/c10-7-2-4-13-9(7)8(11)6-1-3-12-5-6/h2,4-5,8H,1,3,11H2. The zero-order chi connectivity index (χ0) is 9.26. The van der Waals surface area contributed by atoms with Gasteiger partial charge in [-0.3, -0.25) is 0 Å². The molecule has 1 aliphatic rings. The summed E-state index contributed by atoms with van der Waals surface area (Å²) in [6.45, 7) is 0.770. The predicted molar refractivity (Wildman–Crippen MR) is 57.6 cm³/mol.